The standard InChI is InChI=1S/C19H9N5/c1-21-24-18-15-5-3-2-4-14(15)17-19(18)23-16(11-22-17)13-8-6-12(10-20)7-9-13/h2-9,11H/b24-18+. The van der Waals surface area contributed by atoms with Gasteiger partial charge in [0.05, 0.1) is 34.3 Å². The Labute approximate surface area is 138 Å². The number of hydrogen-bond acceptors (Lipinski definition) is 4. The smallest absolute Gasteiger partial charge is 0.181 e. The third kappa shape index (κ3) is 2.05. The van der Waals surface area contributed by atoms with Crippen molar-refractivity contribution < 1.29 is 0 Å². The Balaban J connectivity index is 1.89. The number of aromatic nitrogens is 2. The van der Waals surface area contributed by atoms with Crippen LogP contribution in [0.25, 0.3) is 27.5 Å². The first-order valence-corrected chi connectivity index (χ1v) is 7.24. The van der Waals surface area contributed by atoms with E-state index >= 15 is 0 Å². The van der Waals surface area contributed by atoms with E-state index < -0.39 is 0 Å². The van der Waals surface area contributed by atoms with Gasteiger partial charge in [-0.1, -0.05) is 36.4 Å². The van der Waals surface area contributed by atoms with Crippen LogP contribution in [0.1, 0.15) is 16.8 Å². The van der Waals surface area contributed by atoms with Crippen molar-refractivity contribution in [1.82, 2.24) is 9.97 Å². The van der Waals surface area contributed by atoms with Crippen molar-refractivity contribution >= 4 is 5.71 Å². The summed E-state index contributed by atoms with van der Waals surface area (Å²) in [6.07, 6.45) is 1.71. The number of nitrogens with zero attached hydrogens (tertiary/aromatic N) is 5. The Kier molecular flexibility index (Phi) is 3.12. The van der Waals surface area contributed by atoms with Crippen LogP contribution in [0.2, 0.25) is 0 Å². The molecule has 5 nitrogen and oxygen atoms in total. The Morgan fingerprint density at radius 3 is 2.46 bits per heavy atom. The average Bonchev–Trinajstić information content (AvgIpc) is 2.96. The van der Waals surface area contributed by atoms with Crippen molar-refractivity contribution in [3.63, 3.8) is 0 Å². The van der Waals surface area contributed by atoms with Crippen molar-refractivity contribution in [2.75, 3.05) is 0 Å². The van der Waals surface area contributed by atoms with Gasteiger partial charge in [-0.05, 0) is 12.1 Å². The van der Waals surface area contributed by atoms with Crippen LogP contribution in [0, 0.1) is 17.9 Å². The topological polar surface area (TPSA) is 66.3 Å². The Morgan fingerprint density at radius 2 is 1.75 bits per heavy atom. The maximum absolute atomic E-state index is 8.90. The van der Waals surface area contributed by atoms with E-state index in [9.17, 15) is 0 Å². The zero-order valence-electron chi connectivity index (χ0n) is 12.4. The largest absolute Gasteiger partial charge is 0.252 e. The van der Waals surface area contributed by atoms with E-state index in [-0.39, 0.29) is 0 Å². The highest BCUT2D eigenvalue weighted by molar-refractivity contribution is 6.23. The number of benzene rings is 2. The normalized spacial score (nSPS) is 13.0. The number of nitriles is 1. The molecule has 0 fully saturated rings. The maximum atomic E-state index is 8.90. The summed E-state index contributed by atoms with van der Waals surface area (Å²) in [5.74, 6) is 0. The number of hydrogen-bond donors (Lipinski definition) is 0. The fraction of sp³-hybridized carbons (Fsp3) is 0. The molecule has 0 aliphatic heterocycles. The first-order valence-electron chi connectivity index (χ1n) is 7.24. The van der Waals surface area contributed by atoms with Gasteiger partial charge in [0.2, 0.25) is 0 Å². The molecule has 5 heteroatoms. The third-order valence-electron chi connectivity index (χ3n) is 3.89. The summed E-state index contributed by atoms with van der Waals surface area (Å²) >= 11 is 0. The van der Waals surface area contributed by atoms with E-state index in [4.69, 9.17) is 11.8 Å². The zero-order chi connectivity index (χ0) is 16.5. The molecular formula is C19H9N5. The number of fused-ring (bicyclic) bond motifs is 3. The Morgan fingerprint density at radius 1 is 1.00 bits per heavy atom. The van der Waals surface area contributed by atoms with Crippen LogP contribution >= 0.6 is 0 Å². The van der Waals surface area contributed by atoms with Gasteiger partial charge in [0.25, 0.3) is 0 Å². The zero-order valence-corrected chi connectivity index (χ0v) is 12.4. The lowest BCUT2D eigenvalue weighted by Crippen LogP contribution is -2.02. The SMILES string of the molecule is [C-]#[N+]/N=C1\c2ccccc2-c2ncc(-c3ccc(C#N)cc3)nc21. The second-order valence-electron chi connectivity index (χ2n) is 5.24. The van der Waals surface area contributed by atoms with Gasteiger partial charge in [0.1, 0.15) is 5.69 Å². The highest BCUT2D eigenvalue weighted by atomic mass is 15.2. The van der Waals surface area contributed by atoms with E-state index in [2.05, 4.69) is 26.1 Å². The molecule has 0 bridgehead atoms. The van der Waals surface area contributed by atoms with Crippen LogP contribution in [-0.2, 0) is 0 Å². The third-order valence-corrected chi connectivity index (χ3v) is 3.89. The molecule has 0 amide bonds. The van der Waals surface area contributed by atoms with E-state index in [1.54, 1.807) is 18.3 Å². The summed E-state index contributed by atoms with van der Waals surface area (Å²) in [4.78, 5) is 12.4. The predicted octanol–water partition coefficient (Wildman–Crippen LogP) is 3.67. The van der Waals surface area contributed by atoms with Crippen molar-refractivity contribution in [3.8, 4) is 28.6 Å². The highest BCUT2D eigenvalue weighted by Crippen LogP contribution is 2.35. The van der Waals surface area contributed by atoms with Crippen molar-refractivity contribution in [2.24, 2.45) is 5.10 Å². The fourth-order valence-corrected chi connectivity index (χ4v) is 2.78. The average molecular weight is 307 g/mol. The van der Waals surface area contributed by atoms with Gasteiger partial charge in [0, 0.05) is 16.7 Å². The van der Waals surface area contributed by atoms with E-state index in [0.717, 1.165) is 22.4 Å². The van der Waals surface area contributed by atoms with Gasteiger partial charge in [-0.2, -0.15) is 11.8 Å². The van der Waals surface area contributed by atoms with Crippen LogP contribution in [0.5, 0.6) is 0 Å². The van der Waals surface area contributed by atoms with Gasteiger partial charge >= 0.3 is 0 Å². The molecule has 24 heavy (non-hydrogen) atoms. The maximum Gasteiger partial charge on any atom is 0.181 e. The van der Waals surface area contributed by atoms with Crippen LogP contribution < -0.4 is 0 Å². The van der Waals surface area contributed by atoms with E-state index in [1.165, 1.54) is 0 Å². The summed E-state index contributed by atoms with van der Waals surface area (Å²) < 4.78 is 0. The molecule has 2 aromatic carbocycles. The minimum Gasteiger partial charge on any atom is -0.252 e. The first-order chi connectivity index (χ1) is 11.8. The Hall–Kier alpha value is -3.83. The lowest BCUT2D eigenvalue weighted by atomic mass is 10.1. The van der Waals surface area contributed by atoms with Crippen LogP contribution in [0.3, 0.4) is 0 Å². The molecule has 0 N–H and O–H groups in total. The minimum absolute atomic E-state index is 0.554. The summed E-state index contributed by atoms with van der Waals surface area (Å²) in [7, 11) is 0. The van der Waals surface area contributed by atoms with Crippen molar-refractivity contribution in [3.05, 3.63) is 83.1 Å². The van der Waals surface area contributed by atoms with E-state index in [1.807, 2.05) is 36.4 Å². The molecule has 0 saturated heterocycles. The van der Waals surface area contributed by atoms with Gasteiger partial charge in [-0.25, -0.2) is 4.98 Å². The molecule has 110 valence electrons. The summed E-state index contributed by atoms with van der Waals surface area (Å²) in [5, 5.41) is 12.8. The second-order valence-corrected chi connectivity index (χ2v) is 5.24. The summed E-state index contributed by atoms with van der Waals surface area (Å²) in [5.41, 5.74) is 5.87. The number of rotatable bonds is 1. The summed E-state index contributed by atoms with van der Waals surface area (Å²) in [6, 6.07) is 17.0. The molecule has 0 saturated carbocycles. The molecule has 1 aromatic heterocycles. The van der Waals surface area contributed by atoms with Gasteiger partial charge in [-0.15, -0.1) is 4.95 Å². The lowest BCUT2D eigenvalue weighted by Gasteiger charge is -2.03. The van der Waals surface area contributed by atoms with Gasteiger partial charge in [0.15, 0.2) is 5.71 Å². The molecule has 4 rings (SSSR count). The first kappa shape index (κ1) is 13.8. The molecule has 0 radical (unpaired) electrons. The molecule has 0 atom stereocenters. The molecular weight excluding hydrogens is 298 g/mol. The molecule has 1 heterocycles. The molecule has 1 aliphatic rings. The fourth-order valence-electron chi connectivity index (χ4n) is 2.78. The van der Waals surface area contributed by atoms with Crippen LogP contribution in [0.4, 0.5) is 0 Å². The van der Waals surface area contributed by atoms with E-state index in [0.29, 0.717) is 22.7 Å². The van der Waals surface area contributed by atoms with Crippen molar-refractivity contribution in [2.45, 2.75) is 0 Å². The van der Waals surface area contributed by atoms with Gasteiger partial charge in [-0.3, -0.25) is 4.98 Å². The van der Waals surface area contributed by atoms with Gasteiger partial charge < -0.3 is 0 Å². The molecule has 1 aliphatic carbocycles. The Bertz CT molecular complexity index is 1070. The van der Waals surface area contributed by atoms with Crippen molar-refractivity contribution in [1.29, 1.82) is 5.26 Å². The second kappa shape index (κ2) is 5.42. The molecule has 0 unspecified atom stereocenters. The quantitative estimate of drug-likeness (QED) is 0.398. The molecule has 3 aromatic rings. The monoisotopic (exact) mass is 307 g/mol. The van der Waals surface area contributed by atoms with Crippen LogP contribution in [0.15, 0.2) is 59.8 Å². The lowest BCUT2D eigenvalue weighted by molar-refractivity contribution is 1.20. The molecule has 0 spiro atoms. The predicted molar refractivity (Wildman–Crippen MR) is 89.9 cm³/mol. The summed E-state index contributed by atoms with van der Waals surface area (Å²) in [6.45, 7) is 7.07. The van der Waals surface area contributed by atoms with Crippen LogP contribution in [-0.4, -0.2) is 15.7 Å². The minimum atomic E-state index is 0.554. The highest BCUT2D eigenvalue weighted by Gasteiger charge is 2.30.